The number of nitrogens with one attached hydrogen (secondary N) is 1. The molecule has 0 bridgehead atoms. The Morgan fingerprint density at radius 3 is 2.33 bits per heavy atom. The van der Waals surface area contributed by atoms with Gasteiger partial charge in [-0.2, -0.15) is 0 Å². The van der Waals surface area contributed by atoms with Crippen molar-refractivity contribution in [2.45, 2.75) is 37.8 Å². The van der Waals surface area contributed by atoms with Crippen molar-refractivity contribution in [3.63, 3.8) is 0 Å². The van der Waals surface area contributed by atoms with Crippen LogP contribution in [0.5, 0.6) is 0 Å². The lowest BCUT2D eigenvalue weighted by Crippen LogP contribution is -2.49. The fraction of sp³-hybridized carbons (Fsp3) is 0.387. The zero-order valence-corrected chi connectivity index (χ0v) is 25.4. The highest BCUT2D eigenvalue weighted by Gasteiger charge is 2.30. The first-order chi connectivity index (χ1) is 20.4. The van der Waals surface area contributed by atoms with Gasteiger partial charge in [0.25, 0.3) is 0 Å². The molecule has 1 aliphatic heterocycles. The normalized spacial score (nSPS) is 20.5. The van der Waals surface area contributed by atoms with Gasteiger partial charge in [-0.25, -0.2) is 15.0 Å². The van der Waals surface area contributed by atoms with E-state index in [1.54, 1.807) is 12.4 Å². The van der Waals surface area contributed by atoms with Crippen molar-refractivity contribution >= 4 is 62.7 Å². The van der Waals surface area contributed by atoms with E-state index in [1.807, 2.05) is 29.8 Å². The Labute approximate surface area is 255 Å². The van der Waals surface area contributed by atoms with E-state index in [-0.39, 0.29) is 0 Å². The molecule has 0 spiro atoms. The summed E-state index contributed by atoms with van der Waals surface area (Å²) < 4.78 is 4.32. The number of aryl methyl sites for hydroxylation is 1. The molecule has 0 atom stereocenters. The second-order valence-electron chi connectivity index (χ2n) is 11.6. The minimum absolute atomic E-state index is 0.401. The van der Waals surface area contributed by atoms with Crippen LogP contribution in [-0.2, 0) is 7.05 Å². The minimum Gasteiger partial charge on any atom is -0.383 e. The van der Waals surface area contributed by atoms with Crippen LogP contribution in [0.15, 0.2) is 48.9 Å². The predicted octanol–water partition coefficient (Wildman–Crippen LogP) is 6.35. The van der Waals surface area contributed by atoms with Gasteiger partial charge in [-0.05, 0) is 62.6 Å². The van der Waals surface area contributed by atoms with E-state index >= 15 is 0 Å². The Morgan fingerprint density at radius 1 is 0.881 bits per heavy atom. The highest BCUT2D eigenvalue weighted by atomic mass is 35.5. The lowest BCUT2D eigenvalue weighted by atomic mass is 9.89. The average molecular weight is 605 g/mol. The van der Waals surface area contributed by atoms with Crippen LogP contribution in [0.3, 0.4) is 0 Å². The first kappa shape index (κ1) is 27.5. The van der Waals surface area contributed by atoms with Gasteiger partial charge in [-0.1, -0.05) is 35.3 Å². The molecule has 2 aromatic carbocycles. The molecule has 0 amide bonds. The maximum atomic E-state index is 6.46. The maximum absolute atomic E-state index is 6.46. The van der Waals surface area contributed by atoms with Crippen molar-refractivity contribution in [1.82, 2.24) is 33.9 Å². The summed E-state index contributed by atoms with van der Waals surface area (Å²) in [5.41, 5.74) is 12.0. The molecule has 0 unspecified atom stereocenters. The third-order valence-corrected chi connectivity index (χ3v) is 9.94. The van der Waals surface area contributed by atoms with Gasteiger partial charge in [0.05, 0.1) is 20.9 Å². The largest absolute Gasteiger partial charge is 0.383 e. The highest BCUT2D eigenvalue weighted by molar-refractivity contribution is 6.45. The molecule has 1 saturated heterocycles. The quantitative estimate of drug-likeness (QED) is 0.242. The van der Waals surface area contributed by atoms with Crippen molar-refractivity contribution in [2.24, 2.45) is 7.05 Å². The molecule has 42 heavy (non-hydrogen) atoms. The third-order valence-electron chi connectivity index (χ3n) is 9.15. The number of rotatable bonds is 5. The van der Waals surface area contributed by atoms with Gasteiger partial charge in [0.1, 0.15) is 23.3 Å². The van der Waals surface area contributed by atoms with Crippen LogP contribution >= 0.6 is 23.2 Å². The number of fused-ring (bicyclic) bond motifs is 2. The van der Waals surface area contributed by atoms with Gasteiger partial charge in [0, 0.05) is 62.8 Å². The maximum Gasteiger partial charge on any atom is 0.208 e. The third kappa shape index (κ3) is 4.88. The van der Waals surface area contributed by atoms with E-state index in [0.717, 1.165) is 59.3 Å². The molecule has 2 aliphatic rings. The first-order valence-corrected chi connectivity index (χ1v) is 15.3. The number of halogens is 2. The number of hydrogen-bond acceptors (Lipinski definition) is 7. The molecule has 9 nitrogen and oxygen atoms in total. The molecule has 0 radical (unpaired) electrons. The summed E-state index contributed by atoms with van der Waals surface area (Å²) in [5, 5.41) is 5.28. The van der Waals surface area contributed by atoms with E-state index < -0.39 is 0 Å². The Bertz CT molecular complexity index is 1740. The van der Waals surface area contributed by atoms with E-state index in [1.165, 1.54) is 25.9 Å². The summed E-state index contributed by atoms with van der Waals surface area (Å²) in [7, 11) is 4.17. The summed E-state index contributed by atoms with van der Waals surface area (Å²) in [5.74, 6) is 1.20. The number of hydrogen-bond donors (Lipinski definition) is 2. The summed E-state index contributed by atoms with van der Waals surface area (Å²) in [6.07, 6.45) is 8.52. The number of imidazole rings is 1. The molecule has 2 fully saturated rings. The van der Waals surface area contributed by atoms with Crippen LogP contribution in [0.4, 0.5) is 17.5 Å². The second-order valence-corrected chi connectivity index (χ2v) is 12.4. The van der Waals surface area contributed by atoms with Crippen molar-refractivity contribution in [3.05, 3.63) is 59.0 Å². The molecule has 218 valence electrons. The topological polar surface area (TPSA) is 93.1 Å². The number of piperazine rings is 1. The van der Waals surface area contributed by atoms with Crippen LogP contribution in [0, 0.1) is 0 Å². The number of aromatic nitrogens is 5. The molecule has 4 heterocycles. The van der Waals surface area contributed by atoms with Crippen LogP contribution < -0.4 is 11.1 Å². The summed E-state index contributed by atoms with van der Waals surface area (Å²) in [6, 6.07) is 13.1. The van der Waals surface area contributed by atoms with Gasteiger partial charge in [-0.3, -0.25) is 4.90 Å². The fourth-order valence-electron chi connectivity index (χ4n) is 6.67. The number of likely N-dealkylation sites (N-methyl/N-ethyl adjacent to an activating group) is 1. The van der Waals surface area contributed by atoms with Gasteiger partial charge >= 0.3 is 0 Å². The molecule has 3 N–H and O–H groups in total. The molecule has 7 rings (SSSR count). The van der Waals surface area contributed by atoms with E-state index in [2.05, 4.69) is 55.0 Å². The predicted molar refractivity (Wildman–Crippen MR) is 172 cm³/mol. The van der Waals surface area contributed by atoms with Crippen LogP contribution in [0.1, 0.15) is 31.7 Å². The standard InChI is InChI=1S/C31H35Cl2N9/c1-39-13-15-41(16-14-39)21-7-9-22(10-8-21)42-17-23(26-29(34)35-18-36-30(26)42)19-3-5-20(6-4-19)37-31-38-28-25(40(31)2)12-11-24(32)27(28)33/h3-6,11-12,17-18,21-22H,7-10,13-16H2,1-2H3,(H,37,38)(H2,34,35,36)/t21-,22+. The minimum atomic E-state index is 0.401. The zero-order valence-electron chi connectivity index (χ0n) is 23.9. The van der Waals surface area contributed by atoms with Crippen LogP contribution in [-0.4, -0.2) is 73.2 Å². The number of nitrogen functional groups attached to an aromatic ring is 1. The first-order valence-electron chi connectivity index (χ1n) is 14.6. The van der Waals surface area contributed by atoms with Crippen LogP contribution in [0.25, 0.3) is 33.2 Å². The highest BCUT2D eigenvalue weighted by Crippen LogP contribution is 2.39. The van der Waals surface area contributed by atoms with E-state index in [9.17, 15) is 0 Å². The average Bonchev–Trinajstić information content (AvgIpc) is 3.55. The number of nitrogens with two attached hydrogens (primary N) is 1. The Morgan fingerprint density at radius 2 is 1.60 bits per heavy atom. The summed E-state index contributed by atoms with van der Waals surface area (Å²) >= 11 is 12.6. The monoisotopic (exact) mass is 603 g/mol. The second kappa shape index (κ2) is 11.0. The molecular formula is C31H35Cl2N9. The van der Waals surface area contributed by atoms with Gasteiger partial charge < -0.3 is 25.1 Å². The SMILES string of the molecule is CN1CCN([C@H]2CC[C@@H](n3cc(-c4ccc(Nc5nc6c(Cl)c(Cl)ccc6n5C)cc4)c4c(N)ncnc43)CC2)CC1. The lowest BCUT2D eigenvalue weighted by Gasteiger charge is -2.41. The molecule has 1 saturated carbocycles. The van der Waals surface area contributed by atoms with Crippen molar-refractivity contribution < 1.29 is 0 Å². The number of nitrogens with zero attached hydrogens (tertiary/aromatic N) is 7. The van der Waals surface area contributed by atoms with Gasteiger partial charge in [0.2, 0.25) is 5.95 Å². The Hall–Kier alpha value is -3.37. The smallest absolute Gasteiger partial charge is 0.208 e. The number of anilines is 3. The summed E-state index contributed by atoms with van der Waals surface area (Å²) in [6.45, 7) is 4.68. The molecule has 1 aliphatic carbocycles. The molecular weight excluding hydrogens is 569 g/mol. The molecule has 3 aromatic heterocycles. The molecule has 11 heteroatoms. The van der Waals surface area contributed by atoms with Crippen molar-refractivity contribution in [2.75, 3.05) is 44.3 Å². The van der Waals surface area contributed by atoms with Crippen molar-refractivity contribution in [3.8, 4) is 11.1 Å². The lowest BCUT2D eigenvalue weighted by molar-refractivity contribution is 0.0828. The molecule has 5 aromatic rings. The van der Waals surface area contributed by atoms with Crippen LogP contribution in [0.2, 0.25) is 10.0 Å². The van der Waals surface area contributed by atoms with E-state index in [0.29, 0.717) is 39.4 Å². The van der Waals surface area contributed by atoms with Gasteiger partial charge in [-0.15, -0.1) is 0 Å². The Balaban J connectivity index is 1.13. The fourth-order valence-corrected chi connectivity index (χ4v) is 7.02. The summed E-state index contributed by atoms with van der Waals surface area (Å²) in [4.78, 5) is 18.9. The van der Waals surface area contributed by atoms with Gasteiger partial charge in [0.15, 0.2) is 0 Å². The zero-order chi connectivity index (χ0) is 29.0. The van der Waals surface area contributed by atoms with E-state index in [4.69, 9.17) is 33.9 Å². The Kier molecular flexibility index (Phi) is 7.22. The van der Waals surface area contributed by atoms with Crippen molar-refractivity contribution in [1.29, 1.82) is 0 Å². The number of benzene rings is 2.